The summed E-state index contributed by atoms with van der Waals surface area (Å²) in [5, 5.41) is 20.3. The van der Waals surface area contributed by atoms with Gasteiger partial charge >= 0.3 is 5.97 Å². The predicted molar refractivity (Wildman–Crippen MR) is 102 cm³/mol. The van der Waals surface area contributed by atoms with Crippen molar-refractivity contribution in [3.05, 3.63) is 59.2 Å². The van der Waals surface area contributed by atoms with Crippen LogP contribution < -0.4 is 5.32 Å². The van der Waals surface area contributed by atoms with E-state index >= 15 is 0 Å². The molecule has 1 fully saturated rings. The van der Waals surface area contributed by atoms with Crippen molar-refractivity contribution in [2.75, 3.05) is 5.32 Å². The van der Waals surface area contributed by atoms with Gasteiger partial charge in [0.15, 0.2) is 9.84 Å². The van der Waals surface area contributed by atoms with Crippen molar-refractivity contribution in [3.63, 3.8) is 0 Å². The third-order valence-electron chi connectivity index (χ3n) is 4.79. The molecule has 144 valence electrons. The summed E-state index contributed by atoms with van der Waals surface area (Å²) in [6.07, 6.45) is 2.99. The van der Waals surface area contributed by atoms with Gasteiger partial charge in [-0.2, -0.15) is 5.26 Å². The van der Waals surface area contributed by atoms with E-state index in [9.17, 15) is 23.1 Å². The van der Waals surface area contributed by atoms with Crippen molar-refractivity contribution in [2.45, 2.75) is 35.8 Å². The van der Waals surface area contributed by atoms with Gasteiger partial charge in [-0.1, -0.05) is 18.9 Å². The average molecular weight is 398 g/mol. The number of carbonyl (C=O) groups excluding carboxylic acids is 1. The predicted octanol–water partition coefficient (Wildman–Crippen LogP) is 3.23. The van der Waals surface area contributed by atoms with E-state index in [2.05, 4.69) is 5.32 Å². The molecule has 0 radical (unpaired) electrons. The average Bonchev–Trinajstić information content (AvgIpc) is 3.24. The summed E-state index contributed by atoms with van der Waals surface area (Å²) in [7, 11) is -3.51. The quantitative estimate of drug-likeness (QED) is 0.797. The lowest BCUT2D eigenvalue weighted by Gasteiger charge is -2.13. The van der Waals surface area contributed by atoms with Crippen molar-refractivity contribution in [3.8, 4) is 6.07 Å². The van der Waals surface area contributed by atoms with Crippen molar-refractivity contribution in [1.82, 2.24) is 0 Å². The van der Waals surface area contributed by atoms with Gasteiger partial charge in [0.2, 0.25) is 0 Å². The topological polar surface area (TPSA) is 124 Å². The van der Waals surface area contributed by atoms with Crippen molar-refractivity contribution < 1.29 is 23.1 Å². The fraction of sp³-hybridized carbons (Fsp3) is 0.250. The zero-order valence-corrected chi connectivity index (χ0v) is 15.7. The number of carbonyl (C=O) groups is 2. The highest BCUT2D eigenvalue weighted by molar-refractivity contribution is 7.92. The standard InChI is InChI=1S/C20H18N2O5S/c21-12-13-8-9-18(17(10-13)20(24)25)22-19(23)14-4-3-7-16(11-14)28(26,27)15-5-1-2-6-15/h3-4,7-11,15H,1-2,5-6H2,(H,22,23)(H,24,25). The van der Waals surface area contributed by atoms with E-state index < -0.39 is 27.0 Å². The number of benzene rings is 2. The van der Waals surface area contributed by atoms with Gasteiger partial charge in [-0.3, -0.25) is 4.79 Å². The van der Waals surface area contributed by atoms with Gasteiger partial charge < -0.3 is 10.4 Å². The maximum atomic E-state index is 12.7. The van der Waals surface area contributed by atoms with Crippen molar-refractivity contribution in [2.24, 2.45) is 0 Å². The monoisotopic (exact) mass is 398 g/mol. The molecule has 0 aromatic heterocycles. The molecule has 1 amide bonds. The molecule has 0 unspecified atom stereocenters. The normalized spacial score (nSPS) is 14.4. The first-order chi connectivity index (χ1) is 13.3. The molecule has 1 saturated carbocycles. The Morgan fingerprint density at radius 1 is 1.11 bits per heavy atom. The van der Waals surface area contributed by atoms with Crippen LogP contribution in [0.3, 0.4) is 0 Å². The van der Waals surface area contributed by atoms with E-state index in [0.717, 1.165) is 12.8 Å². The highest BCUT2D eigenvalue weighted by Crippen LogP contribution is 2.30. The number of hydrogen-bond acceptors (Lipinski definition) is 5. The number of nitrogens with one attached hydrogen (secondary N) is 1. The molecule has 0 atom stereocenters. The van der Waals surface area contributed by atoms with Crippen LogP contribution in [0.4, 0.5) is 5.69 Å². The first-order valence-corrected chi connectivity index (χ1v) is 10.3. The second kappa shape index (κ2) is 7.82. The molecule has 2 aromatic carbocycles. The highest BCUT2D eigenvalue weighted by atomic mass is 32.2. The van der Waals surface area contributed by atoms with E-state index in [1.807, 2.05) is 6.07 Å². The molecular formula is C20H18N2O5S. The zero-order chi connectivity index (χ0) is 20.3. The fourth-order valence-corrected chi connectivity index (χ4v) is 5.20. The molecule has 1 aliphatic carbocycles. The largest absolute Gasteiger partial charge is 0.478 e. The smallest absolute Gasteiger partial charge is 0.337 e. The van der Waals surface area contributed by atoms with Crippen LogP contribution in [0.15, 0.2) is 47.4 Å². The molecule has 7 nitrogen and oxygen atoms in total. The Labute approximate surface area is 162 Å². The van der Waals surface area contributed by atoms with E-state index in [4.69, 9.17) is 5.26 Å². The number of hydrogen-bond donors (Lipinski definition) is 2. The Kier molecular flexibility index (Phi) is 5.47. The Bertz CT molecular complexity index is 1080. The van der Waals surface area contributed by atoms with Crippen molar-refractivity contribution in [1.29, 1.82) is 5.26 Å². The van der Waals surface area contributed by atoms with Gasteiger partial charge in [-0.15, -0.1) is 0 Å². The van der Waals surface area contributed by atoms with Crippen LogP contribution in [0.1, 0.15) is 52.0 Å². The number of amides is 1. The Morgan fingerprint density at radius 3 is 2.46 bits per heavy atom. The van der Waals surface area contributed by atoms with E-state index in [-0.39, 0.29) is 27.3 Å². The minimum atomic E-state index is -3.51. The molecule has 2 aromatic rings. The Morgan fingerprint density at radius 2 is 1.82 bits per heavy atom. The number of rotatable bonds is 5. The summed E-state index contributed by atoms with van der Waals surface area (Å²) in [5.74, 6) is -1.92. The van der Waals surface area contributed by atoms with Crippen molar-refractivity contribution >= 4 is 27.4 Å². The number of anilines is 1. The van der Waals surface area contributed by atoms with Crippen LogP contribution in [0.5, 0.6) is 0 Å². The summed E-state index contributed by atoms with van der Waals surface area (Å²) in [6.45, 7) is 0. The number of carboxylic acids is 1. The molecule has 1 aliphatic rings. The lowest BCUT2D eigenvalue weighted by atomic mass is 10.1. The van der Waals surface area contributed by atoms with Crippen LogP contribution in [-0.2, 0) is 9.84 Å². The lowest BCUT2D eigenvalue weighted by Crippen LogP contribution is -2.19. The second-order valence-corrected chi connectivity index (χ2v) is 8.84. The third kappa shape index (κ3) is 3.89. The van der Waals surface area contributed by atoms with Gasteiger partial charge in [0, 0.05) is 5.56 Å². The SMILES string of the molecule is N#Cc1ccc(NC(=O)c2cccc(S(=O)(=O)C3CCCC3)c2)c(C(=O)O)c1. The number of carboxylic acid groups (broad SMARTS) is 1. The van der Waals surface area contributed by atoms with Gasteiger partial charge in [0.1, 0.15) is 0 Å². The summed E-state index contributed by atoms with van der Waals surface area (Å²) in [6, 6.07) is 11.5. The van der Waals surface area contributed by atoms with Gasteiger partial charge in [0.25, 0.3) is 5.91 Å². The number of sulfone groups is 1. The highest BCUT2D eigenvalue weighted by Gasteiger charge is 2.30. The number of nitriles is 1. The van der Waals surface area contributed by atoms with Gasteiger partial charge in [-0.05, 0) is 49.2 Å². The molecule has 0 bridgehead atoms. The summed E-state index contributed by atoms with van der Waals surface area (Å²) >= 11 is 0. The molecule has 0 spiro atoms. The van der Waals surface area contributed by atoms with Crippen LogP contribution >= 0.6 is 0 Å². The first-order valence-electron chi connectivity index (χ1n) is 8.75. The van der Waals surface area contributed by atoms with E-state index in [1.54, 1.807) is 0 Å². The van der Waals surface area contributed by atoms with Crippen LogP contribution in [0.2, 0.25) is 0 Å². The molecule has 0 saturated heterocycles. The maximum absolute atomic E-state index is 12.7. The molecule has 0 aliphatic heterocycles. The minimum absolute atomic E-state index is 0.0283. The molecule has 3 rings (SSSR count). The summed E-state index contributed by atoms with van der Waals surface area (Å²) in [4.78, 5) is 24.1. The second-order valence-electron chi connectivity index (χ2n) is 6.61. The molecule has 0 heterocycles. The minimum Gasteiger partial charge on any atom is -0.478 e. The number of aromatic carboxylic acids is 1. The van der Waals surface area contributed by atoms with Gasteiger partial charge in [0.05, 0.1) is 33.0 Å². The Balaban J connectivity index is 1.89. The lowest BCUT2D eigenvalue weighted by molar-refractivity contribution is 0.0698. The maximum Gasteiger partial charge on any atom is 0.337 e. The molecular weight excluding hydrogens is 380 g/mol. The first kappa shape index (κ1) is 19.6. The van der Waals surface area contributed by atoms with Crippen LogP contribution in [0.25, 0.3) is 0 Å². The number of nitrogens with zero attached hydrogens (tertiary/aromatic N) is 1. The fourth-order valence-electron chi connectivity index (χ4n) is 3.30. The summed E-state index contributed by atoms with van der Waals surface area (Å²) < 4.78 is 25.5. The van der Waals surface area contributed by atoms with Crippen LogP contribution in [0, 0.1) is 11.3 Å². The van der Waals surface area contributed by atoms with E-state index in [0.29, 0.717) is 12.8 Å². The molecule has 2 N–H and O–H groups in total. The molecule has 8 heteroatoms. The zero-order valence-electron chi connectivity index (χ0n) is 14.9. The van der Waals surface area contributed by atoms with Crippen LogP contribution in [-0.4, -0.2) is 30.7 Å². The van der Waals surface area contributed by atoms with E-state index in [1.165, 1.54) is 42.5 Å². The summed E-state index contributed by atoms with van der Waals surface area (Å²) in [5.41, 5.74) is 0.0718. The molecule has 28 heavy (non-hydrogen) atoms. The Hall–Kier alpha value is -3.18. The van der Waals surface area contributed by atoms with Gasteiger partial charge in [-0.25, -0.2) is 13.2 Å². The third-order valence-corrected chi connectivity index (χ3v) is 7.05.